The maximum atomic E-state index is 12.1. The Bertz CT molecular complexity index is 902. The van der Waals surface area contributed by atoms with Gasteiger partial charge in [0.15, 0.2) is 10.8 Å². The monoisotopic (exact) mass is 343 g/mol. The second-order valence-corrected chi connectivity index (χ2v) is 5.71. The van der Waals surface area contributed by atoms with Crippen molar-refractivity contribution in [2.24, 2.45) is 0 Å². The zero-order valence-corrected chi connectivity index (χ0v) is 13.5. The number of amides is 1. The summed E-state index contributed by atoms with van der Waals surface area (Å²) in [5, 5.41) is 19.8. The van der Waals surface area contributed by atoms with Crippen molar-refractivity contribution in [1.82, 2.24) is 14.8 Å². The van der Waals surface area contributed by atoms with E-state index in [1.165, 1.54) is 23.5 Å². The smallest absolute Gasteiger partial charge is 0.277 e. The molecular formula is C15H13N5O3S. The first-order valence-corrected chi connectivity index (χ1v) is 8.00. The van der Waals surface area contributed by atoms with Crippen LogP contribution in [0.1, 0.15) is 17.4 Å². The van der Waals surface area contributed by atoms with E-state index >= 15 is 0 Å². The summed E-state index contributed by atoms with van der Waals surface area (Å²) in [5.41, 5.74) is 1.49. The Morgan fingerprint density at radius 1 is 1.42 bits per heavy atom. The molecule has 1 amide bonds. The number of aromatic nitrogens is 3. The van der Waals surface area contributed by atoms with Gasteiger partial charge in [0.1, 0.15) is 0 Å². The summed E-state index contributed by atoms with van der Waals surface area (Å²) in [5.74, 6) is -0.345. The number of carbonyl (C=O) groups excluding carboxylic acids is 1. The van der Waals surface area contributed by atoms with Crippen LogP contribution in [0.5, 0.6) is 0 Å². The van der Waals surface area contributed by atoms with Crippen LogP contribution < -0.4 is 5.32 Å². The molecule has 9 heteroatoms. The maximum Gasteiger partial charge on any atom is 0.277 e. The molecule has 24 heavy (non-hydrogen) atoms. The van der Waals surface area contributed by atoms with E-state index in [1.54, 1.807) is 34.5 Å². The molecule has 0 atom stereocenters. The van der Waals surface area contributed by atoms with E-state index < -0.39 is 4.92 Å². The molecule has 0 unspecified atom stereocenters. The average Bonchev–Trinajstić information content (AvgIpc) is 3.24. The van der Waals surface area contributed by atoms with E-state index in [1.807, 2.05) is 6.92 Å². The molecule has 8 nitrogen and oxygen atoms in total. The van der Waals surface area contributed by atoms with Gasteiger partial charge in [0.2, 0.25) is 0 Å². The number of benzene rings is 1. The molecule has 2 aromatic heterocycles. The highest BCUT2D eigenvalue weighted by atomic mass is 32.1. The number of rotatable bonds is 5. The summed E-state index contributed by atoms with van der Waals surface area (Å²) in [6, 6.07) is 7.83. The number of nitrogens with zero attached hydrogens (tertiary/aromatic N) is 4. The lowest BCUT2D eigenvalue weighted by Crippen LogP contribution is -2.13. The Kier molecular flexibility index (Phi) is 4.34. The van der Waals surface area contributed by atoms with Crippen LogP contribution in [-0.4, -0.2) is 25.6 Å². The fraction of sp³-hybridized carbons (Fsp3) is 0.133. The highest BCUT2D eigenvalue weighted by Gasteiger charge is 2.13. The predicted molar refractivity (Wildman–Crippen MR) is 90.1 cm³/mol. The van der Waals surface area contributed by atoms with Crippen molar-refractivity contribution in [3.63, 3.8) is 0 Å². The number of thiazole rings is 1. The van der Waals surface area contributed by atoms with Gasteiger partial charge in [0, 0.05) is 35.8 Å². The lowest BCUT2D eigenvalue weighted by molar-refractivity contribution is -0.384. The average molecular weight is 343 g/mol. The van der Waals surface area contributed by atoms with E-state index in [9.17, 15) is 14.9 Å². The molecule has 1 aromatic carbocycles. The number of non-ortho nitro benzene ring substituents is 1. The molecule has 1 N–H and O–H groups in total. The lowest BCUT2D eigenvalue weighted by atomic mass is 10.1. The van der Waals surface area contributed by atoms with Crippen LogP contribution in [0.25, 0.3) is 11.3 Å². The minimum atomic E-state index is -0.456. The summed E-state index contributed by atoms with van der Waals surface area (Å²) < 4.78 is 1.66. The SMILES string of the molecule is CCn1ccc(C(=O)Nc2nc(-c3cccc([N+](=O)[O-])c3)cs2)n1. The van der Waals surface area contributed by atoms with E-state index in [2.05, 4.69) is 15.4 Å². The molecule has 0 aliphatic carbocycles. The van der Waals surface area contributed by atoms with Crippen molar-refractivity contribution in [2.75, 3.05) is 5.32 Å². The van der Waals surface area contributed by atoms with Crippen molar-refractivity contribution in [1.29, 1.82) is 0 Å². The zero-order chi connectivity index (χ0) is 17.1. The fourth-order valence-electron chi connectivity index (χ4n) is 2.06. The number of nitro groups is 1. The van der Waals surface area contributed by atoms with Crippen molar-refractivity contribution in [3.05, 3.63) is 57.7 Å². The molecule has 122 valence electrons. The Hall–Kier alpha value is -3.07. The van der Waals surface area contributed by atoms with Crippen LogP contribution in [0, 0.1) is 10.1 Å². The molecule has 0 saturated carbocycles. The summed E-state index contributed by atoms with van der Waals surface area (Å²) in [6.07, 6.45) is 1.73. The topological polar surface area (TPSA) is 103 Å². The van der Waals surface area contributed by atoms with Gasteiger partial charge in [0.25, 0.3) is 11.6 Å². The number of hydrogen-bond donors (Lipinski definition) is 1. The molecule has 0 aliphatic rings. The number of nitrogens with one attached hydrogen (secondary N) is 1. The lowest BCUT2D eigenvalue weighted by Gasteiger charge is -1.99. The van der Waals surface area contributed by atoms with Crippen LogP contribution >= 0.6 is 11.3 Å². The molecular weight excluding hydrogens is 330 g/mol. The molecule has 0 saturated heterocycles. The van der Waals surface area contributed by atoms with Gasteiger partial charge in [-0.2, -0.15) is 5.10 Å². The van der Waals surface area contributed by atoms with Gasteiger partial charge in [0.05, 0.1) is 10.6 Å². The van der Waals surface area contributed by atoms with Crippen LogP contribution in [0.15, 0.2) is 41.9 Å². The number of nitro benzene ring substituents is 1. The summed E-state index contributed by atoms with van der Waals surface area (Å²) >= 11 is 1.25. The third kappa shape index (κ3) is 3.30. The molecule has 0 fully saturated rings. The second-order valence-electron chi connectivity index (χ2n) is 4.86. The molecule has 0 bridgehead atoms. The number of carbonyl (C=O) groups is 1. The van der Waals surface area contributed by atoms with Gasteiger partial charge in [-0.15, -0.1) is 11.3 Å². The van der Waals surface area contributed by atoms with Crippen molar-refractivity contribution in [2.45, 2.75) is 13.5 Å². The second kappa shape index (κ2) is 6.59. The van der Waals surface area contributed by atoms with Gasteiger partial charge < -0.3 is 0 Å². The number of anilines is 1. The zero-order valence-electron chi connectivity index (χ0n) is 12.7. The third-order valence-corrected chi connectivity index (χ3v) is 4.03. The molecule has 2 heterocycles. The van der Waals surface area contributed by atoms with Crippen LogP contribution in [0.2, 0.25) is 0 Å². The van der Waals surface area contributed by atoms with E-state index in [0.29, 0.717) is 28.6 Å². The fourth-order valence-corrected chi connectivity index (χ4v) is 2.78. The number of aryl methyl sites for hydroxylation is 1. The summed E-state index contributed by atoms with van der Waals surface area (Å²) in [4.78, 5) is 26.8. The van der Waals surface area contributed by atoms with Gasteiger partial charge in [-0.05, 0) is 13.0 Å². The minimum Gasteiger partial charge on any atom is -0.296 e. The van der Waals surface area contributed by atoms with E-state index in [-0.39, 0.29) is 11.6 Å². The first-order valence-electron chi connectivity index (χ1n) is 7.12. The highest BCUT2D eigenvalue weighted by Crippen LogP contribution is 2.27. The van der Waals surface area contributed by atoms with Gasteiger partial charge in [-0.3, -0.25) is 24.9 Å². The van der Waals surface area contributed by atoms with Gasteiger partial charge >= 0.3 is 0 Å². The minimum absolute atomic E-state index is 0.00353. The first-order chi connectivity index (χ1) is 11.6. The molecule has 0 spiro atoms. The van der Waals surface area contributed by atoms with Gasteiger partial charge in [-0.1, -0.05) is 12.1 Å². The van der Waals surface area contributed by atoms with Crippen molar-refractivity contribution in [3.8, 4) is 11.3 Å². The summed E-state index contributed by atoms with van der Waals surface area (Å²) in [6.45, 7) is 2.61. The Balaban J connectivity index is 1.77. The summed E-state index contributed by atoms with van der Waals surface area (Å²) in [7, 11) is 0. The number of hydrogen-bond acceptors (Lipinski definition) is 6. The Morgan fingerprint density at radius 3 is 2.96 bits per heavy atom. The highest BCUT2D eigenvalue weighted by molar-refractivity contribution is 7.14. The molecule has 3 aromatic rings. The van der Waals surface area contributed by atoms with Crippen molar-refractivity contribution >= 4 is 28.1 Å². The first kappa shape index (κ1) is 15.8. The molecule has 0 radical (unpaired) electrons. The normalized spacial score (nSPS) is 10.5. The third-order valence-electron chi connectivity index (χ3n) is 3.27. The van der Waals surface area contributed by atoms with E-state index in [4.69, 9.17) is 0 Å². The Labute approximate surface area is 140 Å². The van der Waals surface area contributed by atoms with Crippen LogP contribution in [-0.2, 0) is 6.54 Å². The maximum absolute atomic E-state index is 12.1. The molecule has 0 aliphatic heterocycles. The molecule has 3 rings (SSSR count). The van der Waals surface area contributed by atoms with E-state index in [0.717, 1.165) is 0 Å². The van der Waals surface area contributed by atoms with Crippen LogP contribution in [0.3, 0.4) is 0 Å². The van der Waals surface area contributed by atoms with Crippen molar-refractivity contribution < 1.29 is 9.72 Å². The van der Waals surface area contributed by atoms with Gasteiger partial charge in [-0.25, -0.2) is 4.98 Å². The standard InChI is InChI=1S/C15H13N5O3S/c1-2-19-7-6-12(18-19)14(21)17-15-16-13(9-24-15)10-4-3-5-11(8-10)20(22)23/h3-9H,2H2,1H3,(H,16,17,21). The van der Waals surface area contributed by atoms with Crippen LogP contribution in [0.4, 0.5) is 10.8 Å². The Morgan fingerprint density at radius 2 is 2.25 bits per heavy atom. The quantitative estimate of drug-likeness (QED) is 0.566. The predicted octanol–water partition coefficient (Wildman–Crippen LogP) is 3.19. The largest absolute Gasteiger partial charge is 0.296 e.